The number of halogens is 3. The van der Waals surface area contributed by atoms with Crippen molar-refractivity contribution in [1.82, 2.24) is 5.32 Å². The fraction of sp³-hybridized carbons (Fsp3) is 0.611. The van der Waals surface area contributed by atoms with Crippen molar-refractivity contribution in [2.45, 2.75) is 38.4 Å². The fourth-order valence-electron chi connectivity index (χ4n) is 3.38. The lowest BCUT2D eigenvalue weighted by atomic mass is 9.86. The lowest BCUT2D eigenvalue weighted by Gasteiger charge is -2.31. The summed E-state index contributed by atoms with van der Waals surface area (Å²) in [5.74, 6) is 0.414. The number of alkyl halides is 3. The predicted octanol–water partition coefficient (Wildman–Crippen LogP) is 3.95. The predicted molar refractivity (Wildman–Crippen MR) is 83.1 cm³/mol. The van der Waals surface area contributed by atoms with Gasteiger partial charge in [0.1, 0.15) is 0 Å². The van der Waals surface area contributed by atoms with E-state index in [0.29, 0.717) is 24.7 Å². The molecule has 2 aliphatic rings. The third kappa shape index (κ3) is 3.91. The smallest absolute Gasteiger partial charge is 0.381 e. The third-order valence-corrected chi connectivity index (χ3v) is 5.05. The first-order chi connectivity index (χ1) is 11.4. The Morgan fingerprint density at radius 2 is 1.96 bits per heavy atom. The van der Waals surface area contributed by atoms with E-state index in [1.807, 2.05) is 6.92 Å². The molecule has 0 spiro atoms. The molecular weight excluding hydrogens is 319 g/mol. The first kappa shape index (κ1) is 17.3. The highest BCUT2D eigenvalue weighted by Gasteiger charge is 2.41. The molecule has 3 rings (SSSR count). The van der Waals surface area contributed by atoms with E-state index in [2.05, 4.69) is 5.32 Å². The fourth-order valence-corrected chi connectivity index (χ4v) is 3.38. The number of ether oxygens (including phenoxy) is 1. The number of hydrogen-bond donors (Lipinski definition) is 1. The summed E-state index contributed by atoms with van der Waals surface area (Å²) >= 11 is 0. The van der Waals surface area contributed by atoms with Crippen molar-refractivity contribution in [1.29, 1.82) is 0 Å². The molecule has 24 heavy (non-hydrogen) atoms. The summed E-state index contributed by atoms with van der Waals surface area (Å²) in [6.07, 6.45) is -2.05. The maximum absolute atomic E-state index is 13.0. The zero-order valence-corrected chi connectivity index (χ0v) is 13.6. The minimum atomic E-state index is -4.38. The van der Waals surface area contributed by atoms with Gasteiger partial charge in [0.15, 0.2) is 0 Å². The molecule has 1 aliphatic heterocycles. The van der Waals surface area contributed by atoms with Gasteiger partial charge in [0.25, 0.3) is 0 Å². The zero-order valence-electron chi connectivity index (χ0n) is 13.6. The van der Waals surface area contributed by atoms with Gasteiger partial charge in [-0.2, -0.15) is 13.2 Å². The number of nitrogens with one attached hydrogen (secondary N) is 1. The second-order valence-corrected chi connectivity index (χ2v) is 6.88. The number of carbonyl (C=O) groups excluding carboxylic acids is 1. The molecule has 1 aliphatic carbocycles. The topological polar surface area (TPSA) is 38.3 Å². The molecule has 1 amide bonds. The molecule has 1 heterocycles. The molecule has 1 N–H and O–H groups in total. The Hall–Kier alpha value is -1.56. The van der Waals surface area contributed by atoms with Crippen molar-refractivity contribution in [3.8, 4) is 0 Å². The van der Waals surface area contributed by atoms with Gasteiger partial charge in [-0.05, 0) is 48.8 Å². The van der Waals surface area contributed by atoms with E-state index < -0.39 is 17.8 Å². The Labute approximate surface area is 139 Å². The summed E-state index contributed by atoms with van der Waals surface area (Å²) in [6.45, 7) is 3.17. The third-order valence-electron chi connectivity index (χ3n) is 5.05. The zero-order chi connectivity index (χ0) is 17.3. The highest BCUT2D eigenvalue weighted by molar-refractivity contribution is 5.81. The first-order valence-electron chi connectivity index (χ1n) is 8.41. The Morgan fingerprint density at radius 1 is 1.29 bits per heavy atom. The van der Waals surface area contributed by atoms with Crippen molar-refractivity contribution in [3.63, 3.8) is 0 Å². The van der Waals surface area contributed by atoms with E-state index in [1.165, 1.54) is 6.07 Å². The van der Waals surface area contributed by atoms with Crippen LogP contribution in [0.2, 0.25) is 0 Å². The summed E-state index contributed by atoms with van der Waals surface area (Å²) in [7, 11) is 0. The lowest BCUT2D eigenvalue weighted by Crippen LogP contribution is -2.37. The van der Waals surface area contributed by atoms with Crippen LogP contribution in [0.1, 0.15) is 43.4 Å². The van der Waals surface area contributed by atoms with Crippen LogP contribution in [-0.4, -0.2) is 19.1 Å². The van der Waals surface area contributed by atoms with E-state index in [0.717, 1.165) is 31.4 Å². The highest BCUT2D eigenvalue weighted by atomic mass is 19.4. The second-order valence-electron chi connectivity index (χ2n) is 6.88. The van der Waals surface area contributed by atoms with Gasteiger partial charge in [0.05, 0.1) is 11.6 Å². The molecular formula is C18H22F3NO2. The van der Waals surface area contributed by atoms with Crippen LogP contribution in [0.5, 0.6) is 0 Å². The van der Waals surface area contributed by atoms with E-state index in [4.69, 9.17) is 4.74 Å². The van der Waals surface area contributed by atoms with E-state index in [-0.39, 0.29) is 17.7 Å². The number of benzene rings is 1. The molecule has 1 saturated heterocycles. The summed E-state index contributed by atoms with van der Waals surface area (Å²) in [5, 5.41) is 3.01. The molecule has 3 atom stereocenters. The largest absolute Gasteiger partial charge is 0.416 e. The Morgan fingerprint density at radius 3 is 2.54 bits per heavy atom. The van der Waals surface area contributed by atoms with Crippen LogP contribution >= 0.6 is 0 Å². The Bertz CT molecular complexity index is 596. The van der Waals surface area contributed by atoms with Gasteiger partial charge in [0.2, 0.25) is 5.91 Å². The van der Waals surface area contributed by atoms with Crippen LogP contribution < -0.4 is 5.32 Å². The average molecular weight is 341 g/mol. The van der Waals surface area contributed by atoms with Crippen LogP contribution in [0.25, 0.3) is 0 Å². The van der Waals surface area contributed by atoms with Crippen LogP contribution in [0.15, 0.2) is 24.3 Å². The molecule has 2 fully saturated rings. The summed E-state index contributed by atoms with van der Waals surface area (Å²) in [6, 6.07) is 4.92. The van der Waals surface area contributed by atoms with Crippen LogP contribution in [0, 0.1) is 17.8 Å². The molecule has 1 aromatic rings. The SMILES string of the molecule is C[C@@H]1C[C@@H]1C(=O)N[C@@H](c1cccc(C(F)(F)F)c1)C1CCOCC1. The molecule has 0 aromatic heterocycles. The van der Waals surface area contributed by atoms with Crippen molar-refractivity contribution in [2.75, 3.05) is 13.2 Å². The molecule has 0 unspecified atom stereocenters. The molecule has 132 valence electrons. The van der Waals surface area contributed by atoms with Gasteiger partial charge in [-0.3, -0.25) is 4.79 Å². The number of rotatable bonds is 4. The number of hydrogen-bond acceptors (Lipinski definition) is 2. The minimum Gasteiger partial charge on any atom is -0.381 e. The van der Waals surface area contributed by atoms with Gasteiger partial charge >= 0.3 is 6.18 Å². The molecule has 6 heteroatoms. The normalized spacial score (nSPS) is 26.0. The number of carbonyl (C=O) groups is 1. The minimum absolute atomic E-state index is 0.00172. The average Bonchev–Trinajstić information content (AvgIpc) is 3.29. The Balaban J connectivity index is 1.84. The van der Waals surface area contributed by atoms with Gasteiger partial charge in [-0.1, -0.05) is 19.1 Å². The molecule has 1 aromatic carbocycles. The van der Waals surface area contributed by atoms with Crippen molar-refractivity contribution < 1.29 is 22.7 Å². The quantitative estimate of drug-likeness (QED) is 0.901. The molecule has 1 saturated carbocycles. The van der Waals surface area contributed by atoms with Gasteiger partial charge < -0.3 is 10.1 Å². The monoisotopic (exact) mass is 341 g/mol. The van der Waals surface area contributed by atoms with E-state index in [9.17, 15) is 18.0 Å². The van der Waals surface area contributed by atoms with Crippen LogP contribution in [0.4, 0.5) is 13.2 Å². The maximum atomic E-state index is 13.0. The van der Waals surface area contributed by atoms with E-state index >= 15 is 0 Å². The summed E-state index contributed by atoms with van der Waals surface area (Å²) in [5.41, 5.74) is -0.149. The van der Waals surface area contributed by atoms with Crippen LogP contribution in [-0.2, 0) is 15.7 Å². The van der Waals surface area contributed by atoms with Crippen LogP contribution in [0.3, 0.4) is 0 Å². The van der Waals surface area contributed by atoms with E-state index in [1.54, 1.807) is 6.07 Å². The highest BCUT2D eigenvalue weighted by Crippen LogP contribution is 2.40. The summed E-state index contributed by atoms with van der Waals surface area (Å²) in [4.78, 5) is 12.4. The standard InChI is InChI=1S/C18H22F3NO2/c1-11-9-15(11)17(23)22-16(12-5-7-24-8-6-12)13-3-2-4-14(10-13)18(19,20)21/h2-4,10-12,15-16H,5-9H2,1H3,(H,22,23)/t11-,15+,16-/m1/s1. The molecule has 3 nitrogen and oxygen atoms in total. The Kier molecular flexibility index (Phi) is 4.85. The number of amides is 1. The maximum Gasteiger partial charge on any atom is 0.416 e. The molecule has 0 bridgehead atoms. The molecule has 0 radical (unpaired) electrons. The van der Waals surface area contributed by atoms with Gasteiger partial charge in [-0.25, -0.2) is 0 Å². The van der Waals surface area contributed by atoms with Crippen molar-refractivity contribution in [2.24, 2.45) is 17.8 Å². The second kappa shape index (κ2) is 6.75. The first-order valence-corrected chi connectivity index (χ1v) is 8.41. The lowest BCUT2D eigenvalue weighted by molar-refractivity contribution is -0.137. The van der Waals surface area contributed by atoms with Crippen molar-refractivity contribution in [3.05, 3.63) is 35.4 Å². The summed E-state index contributed by atoms with van der Waals surface area (Å²) < 4.78 is 44.4. The van der Waals surface area contributed by atoms with Gasteiger partial charge in [-0.15, -0.1) is 0 Å². The van der Waals surface area contributed by atoms with Crippen molar-refractivity contribution >= 4 is 5.91 Å². The van der Waals surface area contributed by atoms with Gasteiger partial charge in [0, 0.05) is 19.1 Å².